The van der Waals surface area contributed by atoms with Gasteiger partial charge in [-0.05, 0) is 23.8 Å². The molecule has 4 heterocycles. The van der Waals surface area contributed by atoms with Gasteiger partial charge >= 0.3 is 7.82 Å². The molecule has 5 rings (SSSR count). The zero-order chi connectivity index (χ0) is 23.4. The predicted molar refractivity (Wildman–Crippen MR) is 117 cm³/mol. The Hall–Kier alpha value is -3.61. The van der Waals surface area contributed by atoms with Crippen LogP contribution in [-0.2, 0) is 17.7 Å². The van der Waals surface area contributed by atoms with Gasteiger partial charge in [-0.3, -0.25) is 9.67 Å². The molecular weight excluding hydrogens is 451 g/mol. The van der Waals surface area contributed by atoms with Gasteiger partial charge < -0.3 is 19.8 Å². The third-order valence-corrected chi connectivity index (χ3v) is 4.49. The first kappa shape index (κ1) is 22.6. The molecule has 0 saturated carbocycles. The molecule has 33 heavy (non-hydrogen) atoms. The summed E-state index contributed by atoms with van der Waals surface area (Å²) in [6.07, 6.45) is 6.97. The van der Waals surface area contributed by atoms with E-state index in [0.717, 1.165) is 22.0 Å². The lowest BCUT2D eigenvalue weighted by atomic mass is 10.1. The number of aliphatic hydroxyl groups excluding tert-OH is 1. The number of pyridine rings is 1. The average Bonchev–Trinajstić information content (AvgIpc) is 3.40. The van der Waals surface area contributed by atoms with E-state index in [1.54, 1.807) is 28.0 Å². The fraction of sp³-hybridized carbons (Fsp3) is 0.158. The molecule has 1 aromatic carbocycles. The van der Waals surface area contributed by atoms with Gasteiger partial charge in [0.05, 0.1) is 43.3 Å². The van der Waals surface area contributed by atoms with Crippen molar-refractivity contribution in [2.24, 2.45) is 0 Å². The van der Waals surface area contributed by atoms with Crippen molar-refractivity contribution in [3.05, 3.63) is 60.7 Å². The summed E-state index contributed by atoms with van der Waals surface area (Å²) in [5, 5.41) is 22.7. The van der Waals surface area contributed by atoms with Crippen LogP contribution >= 0.6 is 7.82 Å². The maximum absolute atomic E-state index is 9.04. The molecule has 170 valence electrons. The SMILES string of the molecule is O=P(O)(O)O.OCCn1cc(-c2cnc3nnn(Cc4ccc5ncccc5c4)c3n2)cn1. The average molecular weight is 470 g/mol. The molecule has 0 aliphatic heterocycles. The molecule has 13 nitrogen and oxygen atoms in total. The van der Waals surface area contributed by atoms with Gasteiger partial charge in [-0.1, -0.05) is 17.3 Å². The second kappa shape index (κ2) is 9.48. The molecule has 0 saturated heterocycles. The number of aromatic nitrogens is 8. The van der Waals surface area contributed by atoms with E-state index in [0.29, 0.717) is 30.1 Å². The van der Waals surface area contributed by atoms with Crippen molar-refractivity contribution in [3.63, 3.8) is 0 Å². The second-order valence-corrected chi connectivity index (χ2v) is 7.94. The highest BCUT2D eigenvalue weighted by Gasteiger charge is 2.12. The molecule has 0 amide bonds. The summed E-state index contributed by atoms with van der Waals surface area (Å²) in [6, 6.07) is 10.1. The molecule has 0 bridgehead atoms. The van der Waals surface area contributed by atoms with Crippen LogP contribution in [0.3, 0.4) is 0 Å². The number of benzene rings is 1. The van der Waals surface area contributed by atoms with Gasteiger partial charge in [-0.2, -0.15) is 5.10 Å². The minimum atomic E-state index is -4.64. The van der Waals surface area contributed by atoms with Crippen LogP contribution in [0.15, 0.2) is 55.1 Å². The summed E-state index contributed by atoms with van der Waals surface area (Å²) in [5.74, 6) is 0. The van der Waals surface area contributed by atoms with Crippen LogP contribution in [0.5, 0.6) is 0 Å². The summed E-state index contributed by atoms with van der Waals surface area (Å²) in [7, 11) is -4.64. The Labute approximate surface area is 186 Å². The van der Waals surface area contributed by atoms with E-state index in [1.807, 2.05) is 30.5 Å². The lowest BCUT2D eigenvalue weighted by molar-refractivity contribution is 0.269. The molecule has 0 fully saturated rings. The summed E-state index contributed by atoms with van der Waals surface area (Å²) >= 11 is 0. The van der Waals surface area contributed by atoms with E-state index in [9.17, 15) is 0 Å². The van der Waals surface area contributed by atoms with Gasteiger partial charge in [0, 0.05) is 23.3 Å². The largest absolute Gasteiger partial charge is 0.466 e. The topological polar surface area (TPSA) is 185 Å². The molecule has 0 unspecified atom stereocenters. The van der Waals surface area contributed by atoms with Gasteiger partial charge in [0.1, 0.15) is 0 Å². The first-order valence-corrected chi connectivity index (χ1v) is 11.2. The molecule has 4 aromatic heterocycles. The first-order chi connectivity index (χ1) is 15.8. The zero-order valence-electron chi connectivity index (χ0n) is 17.0. The quantitative estimate of drug-likeness (QED) is 0.266. The fourth-order valence-corrected chi connectivity index (χ4v) is 3.12. The van der Waals surface area contributed by atoms with Crippen LogP contribution in [0, 0.1) is 0 Å². The first-order valence-electron chi connectivity index (χ1n) is 9.62. The minimum Gasteiger partial charge on any atom is -0.394 e. The predicted octanol–water partition coefficient (Wildman–Crippen LogP) is 0.745. The maximum Gasteiger partial charge on any atom is 0.466 e. The van der Waals surface area contributed by atoms with Crippen molar-refractivity contribution in [3.8, 4) is 11.3 Å². The maximum atomic E-state index is 9.04. The normalized spacial score (nSPS) is 11.5. The molecule has 5 aromatic rings. The number of hydrogen-bond acceptors (Lipinski definition) is 8. The van der Waals surface area contributed by atoms with Crippen molar-refractivity contribution in [2.75, 3.05) is 6.61 Å². The number of aliphatic hydroxyl groups is 1. The van der Waals surface area contributed by atoms with Gasteiger partial charge in [0.2, 0.25) is 5.65 Å². The van der Waals surface area contributed by atoms with E-state index in [2.05, 4.69) is 36.4 Å². The molecule has 4 N–H and O–H groups in total. The van der Waals surface area contributed by atoms with Crippen molar-refractivity contribution in [2.45, 2.75) is 13.1 Å². The molecule has 0 aliphatic rings. The number of hydrogen-bond donors (Lipinski definition) is 4. The summed E-state index contributed by atoms with van der Waals surface area (Å²) < 4.78 is 12.3. The Balaban J connectivity index is 0.000000471. The number of phosphoric acid groups is 1. The fourth-order valence-electron chi connectivity index (χ4n) is 3.12. The van der Waals surface area contributed by atoms with Crippen LogP contribution in [0.25, 0.3) is 33.5 Å². The smallest absolute Gasteiger partial charge is 0.394 e. The Bertz CT molecular complexity index is 1440. The van der Waals surface area contributed by atoms with E-state index >= 15 is 0 Å². The van der Waals surface area contributed by atoms with Gasteiger partial charge in [-0.25, -0.2) is 19.2 Å². The second-order valence-electron chi connectivity index (χ2n) is 6.91. The number of nitrogens with zero attached hydrogens (tertiary/aromatic N) is 8. The standard InChI is InChI=1S/C19H16N8O.H3O4P/c28-7-6-26-12-15(9-22-26)17-10-21-18-19(23-17)27(25-24-18)11-13-3-4-16-14(8-13)2-1-5-20-16;1-5(2,3)4/h1-5,8-10,12,28H,6-7,11H2;(H3,1,2,3,4). The molecule has 0 spiro atoms. The Morgan fingerprint density at radius 3 is 2.67 bits per heavy atom. The monoisotopic (exact) mass is 470 g/mol. The molecule has 0 radical (unpaired) electrons. The number of rotatable bonds is 5. The highest BCUT2D eigenvalue weighted by molar-refractivity contribution is 7.45. The number of fused-ring (bicyclic) bond motifs is 2. The van der Waals surface area contributed by atoms with Gasteiger partial charge in [0.15, 0.2) is 5.65 Å². The van der Waals surface area contributed by atoms with Crippen molar-refractivity contribution < 1.29 is 24.4 Å². The van der Waals surface area contributed by atoms with Crippen LogP contribution in [-0.4, -0.2) is 66.1 Å². The third kappa shape index (κ3) is 5.80. The molecular formula is C19H19N8O5P. The lowest BCUT2D eigenvalue weighted by Crippen LogP contribution is -2.03. The van der Waals surface area contributed by atoms with Crippen LogP contribution in [0.2, 0.25) is 0 Å². The Morgan fingerprint density at radius 1 is 1.06 bits per heavy atom. The molecule has 0 atom stereocenters. The van der Waals surface area contributed by atoms with Crippen molar-refractivity contribution >= 4 is 30.0 Å². The molecule has 0 aliphatic carbocycles. The molecule has 14 heteroatoms. The summed E-state index contributed by atoms with van der Waals surface area (Å²) in [5.41, 5.74) is 4.65. The highest BCUT2D eigenvalue weighted by Crippen LogP contribution is 2.25. The van der Waals surface area contributed by atoms with E-state index in [4.69, 9.17) is 24.4 Å². The van der Waals surface area contributed by atoms with E-state index in [-0.39, 0.29) is 6.61 Å². The Kier molecular flexibility index (Phi) is 6.49. The third-order valence-electron chi connectivity index (χ3n) is 4.49. The highest BCUT2D eigenvalue weighted by atomic mass is 31.2. The van der Waals surface area contributed by atoms with Crippen molar-refractivity contribution in [1.29, 1.82) is 0 Å². The van der Waals surface area contributed by atoms with Crippen LogP contribution in [0.4, 0.5) is 0 Å². The minimum absolute atomic E-state index is 0.0315. The Morgan fingerprint density at radius 2 is 1.88 bits per heavy atom. The van der Waals surface area contributed by atoms with Crippen molar-refractivity contribution in [1.82, 2.24) is 39.7 Å². The van der Waals surface area contributed by atoms with Gasteiger partial charge in [0.25, 0.3) is 0 Å². The van der Waals surface area contributed by atoms with E-state index < -0.39 is 7.82 Å². The summed E-state index contributed by atoms with van der Waals surface area (Å²) in [6.45, 7) is 0.999. The van der Waals surface area contributed by atoms with E-state index in [1.165, 1.54) is 0 Å². The zero-order valence-corrected chi connectivity index (χ0v) is 17.9. The van der Waals surface area contributed by atoms with Crippen LogP contribution < -0.4 is 0 Å². The van der Waals surface area contributed by atoms with Gasteiger partial charge in [-0.15, -0.1) is 5.10 Å². The summed E-state index contributed by atoms with van der Waals surface area (Å²) in [4.78, 5) is 35.0. The lowest BCUT2D eigenvalue weighted by Gasteiger charge is -2.04. The van der Waals surface area contributed by atoms with Crippen LogP contribution in [0.1, 0.15) is 5.56 Å².